The van der Waals surface area contributed by atoms with Crippen LogP contribution in [-0.2, 0) is 0 Å². The molecular weight excluding hydrogens is 206 g/mol. The van der Waals surface area contributed by atoms with E-state index in [0.29, 0.717) is 0 Å². The van der Waals surface area contributed by atoms with Crippen LogP contribution in [0.5, 0.6) is 0 Å². The largest absolute Gasteiger partial charge is 0.345 e. The summed E-state index contributed by atoms with van der Waals surface area (Å²) in [4.78, 5) is 13.0. The zero-order valence-corrected chi connectivity index (χ0v) is 9.01. The molecule has 0 aliphatic heterocycles. The lowest BCUT2D eigenvalue weighted by atomic mass is 10.2. The maximum atomic E-state index is 4.38. The lowest BCUT2D eigenvalue weighted by molar-refractivity contribution is 1.32. The third-order valence-electron chi connectivity index (χ3n) is 2.30. The van der Waals surface area contributed by atoms with Crippen molar-refractivity contribution in [1.82, 2.24) is 15.0 Å². The van der Waals surface area contributed by atoms with Crippen molar-refractivity contribution in [3.05, 3.63) is 35.6 Å². The van der Waals surface area contributed by atoms with Crippen molar-refractivity contribution in [2.45, 2.75) is 6.92 Å². The number of aromatic nitrogens is 3. The number of nitrogens with zero attached hydrogens (tertiary/aromatic N) is 2. The van der Waals surface area contributed by atoms with Crippen LogP contribution in [-0.4, -0.2) is 15.0 Å². The average Bonchev–Trinajstić information content (AvgIpc) is 2.83. The van der Waals surface area contributed by atoms with Gasteiger partial charge in [0.2, 0.25) is 0 Å². The standard InChI is InChI=1S/C11H9N3S/c1-7-5-14-11(15-7)9-6-13-10-8(9)3-2-4-12-10/h2-6H,1H3,(H,12,13). The zero-order valence-electron chi connectivity index (χ0n) is 8.19. The highest BCUT2D eigenvalue weighted by Crippen LogP contribution is 2.30. The lowest BCUT2D eigenvalue weighted by Crippen LogP contribution is -1.74. The molecule has 0 aliphatic rings. The highest BCUT2D eigenvalue weighted by Gasteiger charge is 2.08. The first-order chi connectivity index (χ1) is 7.34. The molecule has 3 aromatic rings. The van der Waals surface area contributed by atoms with Gasteiger partial charge in [-0.15, -0.1) is 11.3 Å². The number of pyridine rings is 1. The molecule has 15 heavy (non-hydrogen) atoms. The monoisotopic (exact) mass is 215 g/mol. The van der Waals surface area contributed by atoms with Crippen molar-refractivity contribution < 1.29 is 0 Å². The van der Waals surface area contributed by atoms with E-state index in [1.165, 1.54) is 4.88 Å². The van der Waals surface area contributed by atoms with Gasteiger partial charge in [0.05, 0.1) is 0 Å². The number of hydrogen-bond acceptors (Lipinski definition) is 3. The zero-order chi connectivity index (χ0) is 10.3. The number of rotatable bonds is 1. The first-order valence-corrected chi connectivity index (χ1v) is 5.51. The van der Waals surface area contributed by atoms with Crippen LogP contribution in [0.3, 0.4) is 0 Å². The van der Waals surface area contributed by atoms with E-state index >= 15 is 0 Å². The number of fused-ring (bicyclic) bond motifs is 1. The van der Waals surface area contributed by atoms with E-state index in [2.05, 4.69) is 27.9 Å². The minimum atomic E-state index is 0.917. The summed E-state index contributed by atoms with van der Waals surface area (Å²) in [5, 5.41) is 2.18. The van der Waals surface area contributed by atoms with E-state index in [1.54, 1.807) is 17.5 Å². The second-order valence-corrected chi connectivity index (χ2v) is 4.61. The first-order valence-electron chi connectivity index (χ1n) is 4.69. The van der Waals surface area contributed by atoms with Crippen LogP contribution in [0.4, 0.5) is 0 Å². The van der Waals surface area contributed by atoms with Crippen LogP contribution >= 0.6 is 11.3 Å². The Balaban J connectivity index is 2.27. The molecule has 3 nitrogen and oxygen atoms in total. The van der Waals surface area contributed by atoms with E-state index < -0.39 is 0 Å². The van der Waals surface area contributed by atoms with Crippen molar-refractivity contribution in [3.8, 4) is 10.6 Å². The number of aryl methyl sites for hydroxylation is 1. The van der Waals surface area contributed by atoms with Gasteiger partial charge in [-0.1, -0.05) is 0 Å². The first kappa shape index (κ1) is 8.61. The van der Waals surface area contributed by atoms with Crippen molar-refractivity contribution in [3.63, 3.8) is 0 Å². The quantitative estimate of drug-likeness (QED) is 0.678. The fourth-order valence-corrected chi connectivity index (χ4v) is 2.41. The number of hydrogen-bond donors (Lipinski definition) is 1. The van der Waals surface area contributed by atoms with Crippen molar-refractivity contribution in [2.24, 2.45) is 0 Å². The molecule has 1 N–H and O–H groups in total. The van der Waals surface area contributed by atoms with Crippen LogP contribution in [0.1, 0.15) is 4.88 Å². The Labute approximate surface area is 90.8 Å². The Morgan fingerprint density at radius 3 is 3.07 bits per heavy atom. The molecule has 0 spiro atoms. The molecule has 0 fully saturated rings. The van der Waals surface area contributed by atoms with Gasteiger partial charge in [-0.25, -0.2) is 9.97 Å². The smallest absolute Gasteiger partial charge is 0.137 e. The van der Waals surface area contributed by atoms with Gasteiger partial charge in [-0.3, -0.25) is 0 Å². The third kappa shape index (κ3) is 1.34. The summed E-state index contributed by atoms with van der Waals surface area (Å²) in [6.07, 6.45) is 5.65. The molecule has 4 heteroatoms. The van der Waals surface area contributed by atoms with E-state index in [0.717, 1.165) is 21.6 Å². The lowest BCUT2D eigenvalue weighted by Gasteiger charge is -1.91. The molecule has 74 valence electrons. The number of nitrogens with one attached hydrogen (secondary N) is 1. The summed E-state index contributed by atoms with van der Waals surface area (Å²) >= 11 is 1.70. The highest BCUT2D eigenvalue weighted by molar-refractivity contribution is 7.15. The molecule has 0 amide bonds. The molecule has 0 unspecified atom stereocenters. The van der Waals surface area contributed by atoms with Gasteiger partial charge in [0, 0.05) is 34.4 Å². The highest BCUT2D eigenvalue weighted by atomic mass is 32.1. The second kappa shape index (κ2) is 3.17. The van der Waals surface area contributed by atoms with Crippen molar-refractivity contribution in [1.29, 1.82) is 0 Å². The van der Waals surface area contributed by atoms with Gasteiger partial charge in [0.25, 0.3) is 0 Å². The minimum absolute atomic E-state index is 0.917. The van der Waals surface area contributed by atoms with Crippen LogP contribution < -0.4 is 0 Å². The summed E-state index contributed by atoms with van der Waals surface area (Å²) in [5.41, 5.74) is 2.05. The van der Waals surface area contributed by atoms with Gasteiger partial charge >= 0.3 is 0 Å². The molecule has 0 saturated carbocycles. The fraction of sp³-hybridized carbons (Fsp3) is 0.0909. The van der Waals surface area contributed by atoms with Crippen LogP contribution in [0.2, 0.25) is 0 Å². The molecule has 3 aromatic heterocycles. The van der Waals surface area contributed by atoms with E-state index in [1.807, 2.05) is 18.5 Å². The molecule has 3 heterocycles. The van der Waals surface area contributed by atoms with Crippen LogP contribution in [0.25, 0.3) is 21.6 Å². The topological polar surface area (TPSA) is 41.6 Å². The van der Waals surface area contributed by atoms with E-state index in [-0.39, 0.29) is 0 Å². The Kier molecular flexibility index (Phi) is 1.82. The average molecular weight is 215 g/mol. The molecular formula is C11H9N3S. The molecule has 0 radical (unpaired) electrons. The maximum absolute atomic E-state index is 4.38. The SMILES string of the molecule is Cc1cnc(-c2c[nH]c3ncccc23)s1. The van der Waals surface area contributed by atoms with Gasteiger partial charge in [0.15, 0.2) is 0 Å². The predicted octanol–water partition coefficient (Wildman–Crippen LogP) is 2.99. The van der Waals surface area contributed by atoms with Crippen LogP contribution in [0.15, 0.2) is 30.7 Å². The Morgan fingerprint density at radius 2 is 2.27 bits per heavy atom. The van der Waals surface area contributed by atoms with Crippen molar-refractivity contribution in [2.75, 3.05) is 0 Å². The molecule has 0 atom stereocenters. The molecule has 0 bridgehead atoms. The third-order valence-corrected chi connectivity index (χ3v) is 3.25. The van der Waals surface area contributed by atoms with Gasteiger partial charge in [0.1, 0.15) is 10.7 Å². The summed E-state index contributed by atoms with van der Waals surface area (Å²) in [7, 11) is 0. The summed E-state index contributed by atoms with van der Waals surface area (Å²) in [6.45, 7) is 2.06. The molecule has 0 aromatic carbocycles. The van der Waals surface area contributed by atoms with Gasteiger partial charge < -0.3 is 4.98 Å². The van der Waals surface area contributed by atoms with E-state index in [4.69, 9.17) is 0 Å². The summed E-state index contributed by atoms with van der Waals surface area (Å²) in [6, 6.07) is 4.00. The number of thiazole rings is 1. The normalized spacial score (nSPS) is 11.0. The minimum Gasteiger partial charge on any atom is -0.345 e. The Morgan fingerprint density at radius 1 is 1.33 bits per heavy atom. The molecule has 0 saturated heterocycles. The second-order valence-electron chi connectivity index (χ2n) is 3.38. The van der Waals surface area contributed by atoms with Gasteiger partial charge in [-0.2, -0.15) is 0 Å². The van der Waals surface area contributed by atoms with Crippen molar-refractivity contribution >= 4 is 22.4 Å². The fourth-order valence-electron chi connectivity index (χ4n) is 1.61. The molecule has 3 rings (SSSR count). The summed E-state index contributed by atoms with van der Waals surface area (Å²) < 4.78 is 0. The van der Waals surface area contributed by atoms with E-state index in [9.17, 15) is 0 Å². The predicted molar refractivity (Wildman–Crippen MR) is 61.9 cm³/mol. The Bertz CT molecular complexity index is 609. The van der Waals surface area contributed by atoms with Crippen LogP contribution in [0, 0.1) is 6.92 Å². The molecule has 0 aliphatic carbocycles. The Hall–Kier alpha value is -1.68. The maximum Gasteiger partial charge on any atom is 0.137 e. The number of aromatic amines is 1. The summed E-state index contributed by atoms with van der Waals surface area (Å²) in [5.74, 6) is 0. The number of H-pyrrole nitrogens is 1. The van der Waals surface area contributed by atoms with Gasteiger partial charge in [-0.05, 0) is 19.1 Å².